The molecule has 19 heavy (non-hydrogen) atoms. The summed E-state index contributed by atoms with van der Waals surface area (Å²) in [5, 5.41) is 0. The Kier molecular flexibility index (Phi) is 4.71. The highest BCUT2D eigenvalue weighted by molar-refractivity contribution is 5.89. The van der Waals surface area contributed by atoms with Crippen molar-refractivity contribution in [3.05, 3.63) is 22.9 Å². The molecule has 0 atom stereocenters. The molecule has 8 heteroatoms. The molecule has 1 rings (SSSR count). The summed E-state index contributed by atoms with van der Waals surface area (Å²) in [7, 11) is 0. The van der Waals surface area contributed by atoms with Crippen molar-refractivity contribution in [1.82, 2.24) is 4.98 Å². The van der Waals surface area contributed by atoms with E-state index in [0.29, 0.717) is 5.56 Å². The summed E-state index contributed by atoms with van der Waals surface area (Å²) in [4.78, 5) is 15.1. The van der Waals surface area contributed by atoms with Crippen LogP contribution >= 0.6 is 0 Å². The number of halogens is 3. The molecular formula is C11H13F3N2O3. The number of hydrogen-bond acceptors (Lipinski definition) is 5. The molecule has 0 saturated heterocycles. The zero-order valence-corrected chi connectivity index (χ0v) is 10.4. The maximum atomic E-state index is 12.2. The van der Waals surface area contributed by atoms with Crippen molar-refractivity contribution in [2.24, 2.45) is 5.73 Å². The quantitative estimate of drug-likeness (QED) is 0.852. The summed E-state index contributed by atoms with van der Waals surface area (Å²) in [6.07, 6.45) is -4.88. The highest BCUT2D eigenvalue weighted by Crippen LogP contribution is 2.26. The molecule has 2 N–H and O–H groups in total. The van der Waals surface area contributed by atoms with Gasteiger partial charge in [0.2, 0.25) is 5.88 Å². The van der Waals surface area contributed by atoms with Gasteiger partial charge in [-0.3, -0.25) is 0 Å². The van der Waals surface area contributed by atoms with Crippen LogP contribution in [0.3, 0.4) is 0 Å². The third-order valence-electron chi connectivity index (χ3n) is 2.15. The lowest BCUT2D eigenvalue weighted by Crippen LogP contribution is -2.21. The zero-order valence-electron chi connectivity index (χ0n) is 10.4. The predicted octanol–water partition coefficient (Wildman–Crippen LogP) is 1.92. The maximum absolute atomic E-state index is 12.2. The van der Waals surface area contributed by atoms with Gasteiger partial charge in [0.25, 0.3) is 0 Å². The summed E-state index contributed by atoms with van der Waals surface area (Å²) in [5.74, 6) is -1.53. The van der Waals surface area contributed by atoms with Gasteiger partial charge in [0.1, 0.15) is 0 Å². The number of aromatic nitrogens is 1. The highest BCUT2D eigenvalue weighted by atomic mass is 19.4. The Morgan fingerprint density at radius 1 is 1.47 bits per heavy atom. The second-order valence-electron chi connectivity index (χ2n) is 3.59. The molecule has 0 amide bonds. The fourth-order valence-corrected chi connectivity index (χ4v) is 1.40. The van der Waals surface area contributed by atoms with Gasteiger partial charge in [0, 0.05) is 12.1 Å². The third-order valence-corrected chi connectivity index (χ3v) is 2.15. The van der Waals surface area contributed by atoms with Crippen molar-refractivity contribution in [3.63, 3.8) is 0 Å². The molecule has 0 spiro atoms. The Morgan fingerprint density at radius 2 is 2.11 bits per heavy atom. The Balaban J connectivity index is 3.21. The van der Waals surface area contributed by atoms with E-state index in [1.54, 1.807) is 6.92 Å². The maximum Gasteiger partial charge on any atom is 0.574 e. The molecule has 1 heterocycles. The number of alkyl halides is 3. The third kappa shape index (κ3) is 4.09. The number of pyridine rings is 1. The molecule has 5 nitrogen and oxygen atoms in total. The molecular weight excluding hydrogens is 265 g/mol. The normalized spacial score (nSPS) is 11.3. The number of ether oxygens (including phenoxy) is 2. The number of nitrogens with zero attached hydrogens (tertiary/aromatic N) is 1. The van der Waals surface area contributed by atoms with Crippen LogP contribution in [-0.2, 0) is 11.3 Å². The first kappa shape index (κ1) is 15.2. The number of hydrogen-bond donors (Lipinski definition) is 1. The van der Waals surface area contributed by atoms with E-state index in [-0.39, 0.29) is 24.4 Å². The van der Waals surface area contributed by atoms with Crippen LogP contribution in [0.1, 0.15) is 28.5 Å². The van der Waals surface area contributed by atoms with Crippen molar-refractivity contribution in [3.8, 4) is 5.88 Å². The molecule has 0 aliphatic heterocycles. The van der Waals surface area contributed by atoms with Crippen molar-refractivity contribution in [2.45, 2.75) is 26.8 Å². The van der Waals surface area contributed by atoms with E-state index >= 15 is 0 Å². The van der Waals surface area contributed by atoms with Crippen LogP contribution in [0.5, 0.6) is 5.88 Å². The van der Waals surface area contributed by atoms with Crippen LogP contribution in [0, 0.1) is 6.92 Å². The van der Waals surface area contributed by atoms with E-state index in [4.69, 9.17) is 10.5 Å². The topological polar surface area (TPSA) is 74.4 Å². The molecule has 0 aliphatic rings. The SMILES string of the molecule is CCOC(=O)c1nc(OC(F)(F)F)c(C)cc1CN. The van der Waals surface area contributed by atoms with Crippen LogP contribution in [0.2, 0.25) is 0 Å². The van der Waals surface area contributed by atoms with Crippen LogP contribution < -0.4 is 10.5 Å². The first-order valence-electron chi connectivity index (χ1n) is 5.42. The van der Waals surface area contributed by atoms with Gasteiger partial charge in [0.15, 0.2) is 5.69 Å². The number of esters is 1. The van der Waals surface area contributed by atoms with Gasteiger partial charge in [-0.2, -0.15) is 0 Å². The van der Waals surface area contributed by atoms with Gasteiger partial charge < -0.3 is 15.2 Å². The minimum Gasteiger partial charge on any atom is -0.461 e. The fraction of sp³-hybridized carbons (Fsp3) is 0.455. The van der Waals surface area contributed by atoms with Gasteiger partial charge in [-0.05, 0) is 25.5 Å². The van der Waals surface area contributed by atoms with Crippen molar-refractivity contribution in [1.29, 1.82) is 0 Å². The molecule has 0 fully saturated rings. The van der Waals surface area contributed by atoms with E-state index < -0.39 is 18.2 Å². The number of carbonyl (C=O) groups excluding carboxylic acids is 1. The Labute approximate surface area is 107 Å². The van der Waals surface area contributed by atoms with Crippen LogP contribution in [-0.4, -0.2) is 23.9 Å². The standard InChI is InChI=1S/C11H13F3N2O3/c1-3-18-10(17)8-7(5-15)4-6(2)9(16-8)19-11(12,13)14/h4H,3,5,15H2,1-2H3. The summed E-state index contributed by atoms with van der Waals surface area (Å²) in [5.41, 5.74) is 5.58. The lowest BCUT2D eigenvalue weighted by Gasteiger charge is -2.13. The second kappa shape index (κ2) is 5.87. The lowest BCUT2D eigenvalue weighted by atomic mass is 10.1. The summed E-state index contributed by atoms with van der Waals surface area (Å²) < 4.78 is 45.0. The molecule has 0 aromatic carbocycles. The van der Waals surface area contributed by atoms with E-state index in [9.17, 15) is 18.0 Å². The van der Waals surface area contributed by atoms with Crippen LogP contribution in [0.25, 0.3) is 0 Å². The van der Waals surface area contributed by atoms with Crippen molar-refractivity contribution < 1.29 is 27.4 Å². The minimum absolute atomic E-state index is 0.0473. The van der Waals surface area contributed by atoms with Gasteiger partial charge in [-0.15, -0.1) is 13.2 Å². The predicted molar refractivity (Wildman–Crippen MR) is 59.5 cm³/mol. The molecule has 106 valence electrons. The van der Waals surface area contributed by atoms with Gasteiger partial charge in [-0.1, -0.05) is 0 Å². The summed E-state index contributed by atoms with van der Waals surface area (Å²) in [6.45, 7) is 2.98. The molecule has 1 aromatic rings. The van der Waals surface area contributed by atoms with E-state index in [2.05, 4.69) is 9.72 Å². The number of rotatable bonds is 4. The number of carbonyl (C=O) groups is 1. The Hall–Kier alpha value is -1.83. The van der Waals surface area contributed by atoms with Crippen LogP contribution in [0.4, 0.5) is 13.2 Å². The molecule has 0 unspecified atom stereocenters. The van der Waals surface area contributed by atoms with E-state index in [1.807, 2.05) is 0 Å². The van der Waals surface area contributed by atoms with Gasteiger partial charge >= 0.3 is 12.3 Å². The van der Waals surface area contributed by atoms with Gasteiger partial charge in [-0.25, -0.2) is 9.78 Å². The summed E-state index contributed by atoms with van der Waals surface area (Å²) in [6, 6.07) is 1.32. The molecule has 1 aromatic heterocycles. The highest BCUT2D eigenvalue weighted by Gasteiger charge is 2.33. The van der Waals surface area contributed by atoms with Crippen molar-refractivity contribution in [2.75, 3.05) is 6.61 Å². The average molecular weight is 278 g/mol. The Bertz CT molecular complexity index is 475. The smallest absolute Gasteiger partial charge is 0.461 e. The molecule has 0 saturated carbocycles. The number of nitrogens with two attached hydrogens (primary N) is 1. The monoisotopic (exact) mass is 278 g/mol. The Morgan fingerprint density at radius 3 is 2.58 bits per heavy atom. The first-order valence-corrected chi connectivity index (χ1v) is 5.42. The largest absolute Gasteiger partial charge is 0.574 e. The average Bonchev–Trinajstić information content (AvgIpc) is 2.29. The van der Waals surface area contributed by atoms with E-state index in [0.717, 1.165) is 0 Å². The molecule has 0 radical (unpaired) electrons. The minimum atomic E-state index is -4.88. The van der Waals surface area contributed by atoms with E-state index in [1.165, 1.54) is 13.0 Å². The fourth-order valence-electron chi connectivity index (χ4n) is 1.40. The molecule has 0 bridgehead atoms. The van der Waals surface area contributed by atoms with Crippen molar-refractivity contribution >= 4 is 5.97 Å². The summed E-state index contributed by atoms with van der Waals surface area (Å²) >= 11 is 0. The lowest BCUT2D eigenvalue weighted by molar-refractivity contribution is -0.276. The van der Waals surface area contributed by atoms with Crippen LogP contribution in [0.15, 0.2) is 6.07 Å². The second-order valence-corrected chi connectivity index (χ2v) is 3.59. The molecule has 0 aliphatic carbocycles. The first-order chi connectivity index (χ1) is 8.78. The van der Waals surface area contributed by atoms with Gasteiger partial charge in [0.05, 0.1) is 6.61 Å². The zero-order chi connectivity index (χ0) is 14.6. The number of aryl methyl sites for hydroxylation is 1.